The first-order valence-electron chi connectivity index (χ1n) is 5.04. The van der Waals surface area contributed by atoms with E-state index in [4.69, 9.17) is 23.2 Å². The molecule has 14 heavy (non-hydrogen) atoms. The predicted molar refractivity (Wildman–Crippen MR) is 65.2 cm³/mol. The lowest BCUT2D eigenvalue weighted by molar-refractivity contribution is 0.0817. The molecular weight excluding hydrogens is 215 g/mol. The number of allylic oxidation sites excluding steroid dienone is 2. The standard InChI is InChI=1S/C12H20Cl2/c1-9(2)7-8-11(5,13)12(6,14)10(9,3)4/h7-8H,1-6H3. The molecule has 0 heterocycles. The minimum Gasteiger partial charge on any atom is -0.117 e. The number of halogens is 2. The lowest BCUT2D eigenvalue weighted by Crippen LogP contribution is -2.59. The normalized spacial score (nSPS) is 45.1. The molecule has 0 amide bonds. The van der Waals surface area contributed by atoms with Gasteiger partial charge in [-0.2, -0.15) is 0 Å². The topological polar surface area (TPSA) is 0 Å². The quantitative estimate of drug-likeness (QED) is 0.425. The van der Waals surface area contributed by atoms with E-state index >= 15 is 0 Å². The third-order valence-electron chi connectivity index (χ3n) is 4.52. The van der Waals surface area contributed by atoms with Gasteiger partial charge in [-0.05, 0) is 24.7 Å². The zero-order valence-corrected chi connectivity index (χ0v) is 11.4. The van der Waals surface area contributed by atoms with E-state index < -0.39 is 9.75 Å². The Hall–Kier alpha value is 0.320. The molecule has 1 rings (SSSR count). The van der Waals surface area contributed by atoms with Crippen molar-refractivity contribution in [2.24, 2.45) is 10.8 Å². The summed E-state index contributed by atoms with van der Waals surface area (Å²) < 4.78 is 0. The van der Waals surface area contributed by atoms with Gasteiger partial charge < -0.3 is 0 Å². The average Bonchev–Trinajstić information content (AvgIpc) is 1.98. The Labute approximate surface area is 97.7 Å². The van der Waals surface area contributed by atoms with Gasteiger partial charge in [0.25, 0.3) is 0 Å². The van der Waals surface area contributed by atoms with E-state index in [9.17, 15) is 0 Å². The molecule has 0 spiro atoms. The summed E-state index contributed by atoms with van der Waals surface area (Å²) in [7, 11) is 0. The van der Waals surface area contributed by atoms with Gasteiger partial charge in [0, 0.05) is 0 Å². The van der Waals surface area contributed by atoms with Crippen molar-refractivity contribution >= 4 is 23.2 Å². The molecule has 0 N–H and O–H groups in total. The van der Waals surface area contributed by atoms with E-state index in [1.807, 2.05) is 19.9 Å². The predicted octanol–water partition coefficient (Wildman–Crippen LogP) is 4.60. The van der Waals surface area contributed by atoms with Gasteiger partial charge in [-0.1, -0.05) is 39.8 Å². The molecule has 0 aromatic rings. The summed E-state index contributed by atoms with van der Waals surface area (Å²) in [6, 6.07) is 0. The van der Waals surface area contributed by atoms with Crippen LogP contribution in [-0.4, -0.2) is 9.75 Å². The van der Waals surface area contributed by atoms with Gasteiger partial charge in [-0.15, -0.1) is 23.2 Å². The van der Waals surface area contributed by atoms with Gasteiger partial charge in [0.15, 0.2) is 0 Å². The van der Waals surface area contributed by atoms with E-state index in [2.05, 4.69) is 33.8 Å². The second kappa shape index (κ2) is 2.92. The highest BCUT2D eigenvalue weighted by Crippen LogP contribution is 2.60. The summed E-state index contributed by atoms with van der Waals surface area (Å²) in [6.45, 7) is 12.8. The van der Waals surface area contributed by atoms with Gasteiger partial charge in [-0.3, -0.25) is 0 Å². The highest BCUT2D eigenvalue weighted by atomic mass is 35.5. The first-order chi connectivity index (χ1) is 5.96. The molecule has 82 valence electrons. The summed E-state index contributed by atoms with van der Waals surface area (Å²) in [5, 5.41) is 0. The number of hydrogen-bond acceptors (Lipinski definition) is 0. The van der Waals surface area contributed by atoms with Crippen LogP contribution in [0.4, 0.5) is 0 Å². The monoisotopic (exact) mass is 234 g/mol. The van der Waals surface area contributed by atoms with Crippen molar-refractivity contribution in [3.8, 4) is 0 Å². The van der Waals surface area contributed by atoms with Crippen LogP contribution in [0, 0.1) is 10.8 Å². The first kappa shape index (κ1) is 12.4. The molecule has 0 aliphatic heterocycles. The fourth-order valence-electron chi connectivity index (χ4n) is 1.95. The van der Waals surface area contributed by atoms with Gasteiger partial charge in [-0.25, -0.2) is 0 Å². The van der Waals surface area contributed by atoms with Crippen molar-refractivity contribution in [2.45, 2.75) is 51.3 Å². The van der Waals surface area contributed by atoms with Crippen LogP contribution >= 0.6 is 23.2 Å². The zero-order valence-electron chi connectivity index (χ0n) is 9.91. The van der Waals surface area contributed by atoms with Crippen molar-refractivity contribution in [2.75, 3.05) is 0 Å². The van der Waals surface area contributed by atoms with Crippen LogP contribution in [0.1, 0.15) is 41.5 Å². The maximum atomic E-state index is 6.66. The number of alkyl halides is 2. The summed E-state index contributed by atoms with van der Waals surface area (Å²) in [5.74, 6) is 0. The van der Waals surface area contributed by atoms with Crippen molar-refractivity contribution in [1.82, 2.24) is 0 Å². The molecule has 2 atom stereocenters. The fourth-order valence-corrected chi connectivity index (χ4v) is 2.55. The highest BCUT2D eigenvalue weighted by molar-refractivity contribution is 6.36. The Morgan fingerprint density at radius 2 is 1.21 bits per heavy atom. The molecule has 0 saturated heterocycles. The third kappa shape index (κ3) is 1.34. The maximum absolute atomic E-state index is 6.66. The molecule has 0 radical (unpaired) electrons. The summed E-state index contributed by atoms with van der Waals surface area (Å²) in [4.78, 5) is -0.923. The average molecular weight is 235 g/mol. The van der Waals surface area contributed by atoms with Crippen LogP contribution in [0.25, 0.3) is 0 Å². The van der Waals surface area contributed by atoms with Crippen LogP contribution in [0.3, 0.4) is 0 Å². The van der Waals surface area contributed by atoms with Crippen molar-refractivity contribution < 1.29 is 0 Å². The maximum Gasteiger partial charge on any atom is 0.0792 e. The molecule has 2 unspecified atom stereocenters. The van der Waals surface area contributed by atoms with Crippen molar-refractivity contribution in [1.29, 1.82) is 0 Å². The Morgan fingerprint density at radius 3 is 1.57 bits per heavy atom. The zero-order chi connectivity index (χ0) is 11.4. The summed E-state index contributed by atoms with van der Waals surface area (Å²) in [5.41, 5.74) is 0.0186. The lowest BCUT2D eigenvalue weighted by Gasteiger charge is -2.57. The smallest absolute Gasteiger partial charge is 0.0792 e. The Kier molecular flexibility index (Phi) is 2.58. The second-order valence-electron chi connectivity index (χ2n) is 5.76. The van der Waals surface area contributed by atoms with Gasteiger partial charge in [0.05, 0.1) is 9.75 Å². The molecular formula is C12H20Cl2. The van der Waals surface area contributed by atoms with Gasteiger partial charge in [0.1, 0.15) is 0 Å². The molecule has 0 aromatic heterocycles. The Bertz CT molecular complexity index is 242. The van der Waals surface area contributed by atoms with Gasteiger partial charge >= 0.3 is 0 Å². The number of hydrogen-bond donors (Lipinski definition) is 0. The summed E-state index contributed by atoms with van der Waals surface area (Å²) in [6.07, 6.45) is 4.22. The van der Waals surface area contributed by atoms with Crippen molar-refractivity contribution in [3.63, 3.8) is 0 Å². The minimum absolute atomic E-state index is 0.0488. The Morgan fingerprint density at radius 1 is 0.786 bits per heavy atom. The minimum atomic E-state index is -0.479. The SMILES string of the molecule is CC1(C)C=CC(C)(Cl)C(C)(Cl)C1(C)C. The molecule has 0 bridgehead atoms. The molecule has 0 saturated carbocycles. The molecule has 0 fully saturated rings. The molecule has 2 heteroatoms. The van der Waals surface area contributed by atoms with E-state index in [-0.39, 0.29) is 10.8 Å². The van der Waals surface area contributed by atoms with Crippen molar-refractivity contribution in [3.05, 3.63) is 12.2 Å². The van der Waals surface area contributed by atoms with E-state index in [1.54, 1.807) is 0 Å². The van der Waals surface area contributed by atoms with E-state index in [1.165, 1.54) is 0 Å². The molecule has 1 aliphatic carbocycles. The fraction of sp³-hybridized carbons (Fsp3) is 0.833. The largest absolute Gasteiger partial charge is 0.117 e. The Balaban J connectivity index is 3.36. The molecule has 0 nitrogen and oxygen atoms in total. The summed E-state index contributed by atoms with van der Waals surface area (Å²) >= 11 is 13.1. The molecule has 0 aromatic carbocycles. The van der Waals surface area contributed by atoms with Crippen LogP contribution in [0.5, 0.6) is 0 Å². The van der Waals surface area contributed by atoms with Gasteiger partial charge in [0.2, 0.25) is 0 Å². The highest BCUT2D eigenvalue weighted by Gasteiger charge is 2.58. The third-order valence-corrected chi connectivity index (χ3v) is 5.98. The van der Waals surface area contributed by atoms with Crippen LogP contribution in [0.2, 0.25) is 0 Å². The van der Waals surface area contributed by atoms with Crippen LogP contribution in [0.15, 0.2) is 12.2 Å². The second-order valence-corrected chi connectivity index (χ2v) is 7.30. The first-order valence-corrected chi connectivity index (χ1v) is 5.79. The lowest BCUT2D eigenvalue weighted by atomic mass is 9.55. The van der Waals surface area contributed by atoms with Crippen LogP contribution < -0.4 is 0 Å². The van der Waals surface area contributed by atoms with E-state index in [0.29, 0.717) is 0 Å². The van der Waals surface area contributed by atoms with E-state index in [0.717, 1.165) is 0 Å². The van der Waals surface area contributed by atoms with Crippen LogP contribution in [-0.2, 0) is 0 Å². The molecule has 1 aliphatic rings. The number of rotatable bonds is 0.